The SMILES string of the molecule is CN(C)CCCOc1nccc(N2CC3CC2CN3C)n1.O=C(O)C(=O)O.O=C(O)C(=O)O.O=C(O)C(=O)O. The van der Waals surface area contributed by atoms with E-state index in [2.05, 4.69) is 45.8 Å². The topological polar surface area (TPSA) is 269 Å². The van der Waals surface area contributed by atoms with Crippen molar-refractivity contribution in [3.63, 3.8) is 0 Å². The van der Waals surface area contributed by atoms with Crippen LogP contribution in [0.25, 0.3) is 0 Å². The Kier molecular flexibility index (Phi) is 15.0. The second-order valence-corrected chi connectivity index (χ2v) is 8.17. The van der Waals surface area contributed by atoms with Gasteiger partial charge in [0.1, 0.15) is 5.82 Å². The van der Waals surface area contributed by atoms with Crippen molar-refractivity contribution in [1.82, 2.24) is 19.8 Å². The average Bonchev–Trinajstić information content (AvgIpc) is 3.42. The molecule has 2 bridgehead atoms. The van der Waals surface area contributed by atoms with Crippen LogP contribution < -0.4 is 9.64 Å². The van der Waals surface area contributed by atoms with Gasteiger partial charge in [-0.05, 0) is 40.1 Å². The summed E-state index contributed by atoms with van der Waals surface area (Å²) in [5.74, 6) is -9.94. The van der Waals surface area contributed by atoms with Crippen LogP contribution in [-0.2, 0) is 28.8 Å². The molecule has 1 aromatic rings. The predicted octanol–water partition coefficient (Wildman–Crippen LogP) is -1.83. The maximum Gasteiger partial charge on any atom is 0.414 e. The van der Waals surface area contributed by atoms with Crippen molar-refractivity contribution in [2.45, 2.75) is 24.9 Å². The van der Waals surface area contributed by atoms with Crippen LogP contribution in [0.3, 0.4) is 0 Å². The molecule has 0 amide bonds. The van der Waals surface area contributed by atoms with E-state index in [0.29, 0.717) is 24.7 Å². The smallest absolute Gasteiger partial charge is 0.414 e. The molecule has 2 saturated heterocycles. The first-order valence-corrected chi connectivity index (χ1v) is 11.0. The first-order valence-electron chi connectivity index (χ1n) is 11.0. The Morgan fingerprint density at radius 2 is 1.36 bits per heavy atom. The van der Waals surface area contributed by atoms with Crippen LogP contribution in [0.5, 0.6) is 6.01 Å². The molecule has 2 aliphatic heterocycles. The maximum absolute atomic E-state index is 9.10. The zero-order chi connectivity index (χ0) is 30.3. The highest BCUT2D eigenvalue weighted by atomic mass is 16.5. The Bertz CT molecular complexity index is 925. The van der Waals surface area contributed by atoms with Crippen LogP contribution in [0.15, 0.2) is 12.3 Å². The van der Waals surface area contributed by atoms with Crippen LogP contribution in [-0.4, -0.2) is 146 Å². The summed E-state index contributed by atoms with van der Waals surface area (Å²) in [5.41, 5.74) is 0. The number of carbonyl (C=O) groups is 6. The van der Waals surface area contributed by atoms with E-state index in [1.54, 1.807) is 6.20 Å². The molecule has 1 aromatic heterocycles. The minimum absolute atomic E-state index is 0.502. The van der Waals surface area contributed by atoms with Crippen LogP contribution in [0, 0.1) is 0 Å². The van der Waals surface area contributed by atoms with E-state index in [4.69, 9.17) is 64.1 Å². The van der Waals surface area contributed by atoms with E-state index in [1.165, 1.54) is 6.42 Å². The van der Waals surface area contributed by atoms with Crippen LogP contribution >= 0.6 is 0 Å². The maximum atomic E-state index is 9.10. The molecule has 0 aromatic carbocycles. The van der Waals surface area contributed by atoms with Gasteiger partial charge in [0.05, 0.1) is 6.61 Å². The Balaban J connectivity index is 0.000000658. The third-order valence-electron chi connectivity index (χ3n) is 4.96. The summed E-state index contributed by atoms with van der Waals surface area (Å²) in [6.45, 7) is 3.88. The van der Waals surface area contributed by atoms with Crippen molar-refractivity contribution in [3.05, 3.63) is 12.3 Å². The zero-order valence-electron chi connectivity index (χ0n) is 21.3. The molecule has 18 nitrogen and oxygen atoms in total. The van der Waals surface area contributed by atoms with Crippen molar-refractivity contribution in [1.29, 1.82) is 0 Å². The summed E-state index contributed by atoms with van der Waals surface area (Å²) >= 11 is 0. The van der Waals surface area contributed by atoms with Gasteiger partial charge in [0.25, 0.3) is 0 Å². The monoisotopic (exact) mass is 561 g/mol. The lowest BCUT2D eigenvalue weighted by Gasteiger charge is -2.32. The first kappa shape index (κ1) is 34.4. The third-order valence-corrected chi connectivity index (χ3v) is 4.96. The number of nitrogens with zero attached hydrogens (tertiary/aromatic N) is 5. The van der Waals surface area contributed by atoms with Crippen molar-refractivity contribution in [3.8, 4) is 6.01 Å². The molecule has 3 heterocycles. The van der Waals surface area contributed by atoms with E-state index in [-0.39, 0.29) is 0 Å². The number of carboxylic acids is 6. The molecule has 2 fully saturated rings. The summed E-state index contributed by atoms with van der Waals surface area (Å²) in [6, 6.07) is 3.77. The number of hydrogen-bond acceptors (Lipinski definition) is 12. The van der Waals surface area contributed by atoms with Crippen molar-refractivity contribution < 1.29 is 64.1 Å². The molecule has 0 radical (unpaired) electrons. The standard InChI is InChI=1S/C15H25N5O.3C2H2O4/c1-18(2)7-4-8-21-15-16-6-5-14(17-15)20-11-12-9-13(20)10-19(12)3;3*3-1(4)2(5)6/h5-6,12-13H,4,7-11H2,1-3H3;3*(H,3,4)(H,5,6). The lowest BCUT2D eigenvalue weighted by molar-refractivity contribution is -0.159. The first-order chi connectivity index (χ1) is 18.1. The number of likely N-dealkylation sites (N-methyl/N-ethyl adjacent to an activating group) is 1. The van der Waals surface area contributed by atoms with Gasteiger partial charge in [0, 0.05) is 37.9 Å². The molecule has 0 saturated carbocycles. The van der Waals surface area contributed by atoms with Crippen LogP contribution in [0.4, 0.5) is 5.82 Å². The minimum atomic E-state index is -1.82. The molecule has 0 spiro atoms. The van der Waals surface area contributed by atoms with Gasteiger partial charge in [-0.2, -0.15) is 4.98 Å². The largest absolute Gasteiger partial charge is 0.473 e. The summed E-state index contributed by atoms with van der Waals surface area (Å²) in [7, 11) is 6.34. The van der Waals surface area contributed by atoms with Crippen LogP contribution in [0.1, 0.15) is 12.8 Å². The van der Waals surface area contributed by atoms with Gasteiger partial charge in [-0.1, -0.05) is 0 Å². The highest BCUT2D eigenvalue weighted by Gasteiger charge is 2.42. The molecular formula is C21H31N5O13. The quantitative estimate of drug-likeness (QED) is 0.164. The van der Waals surface area contributed by atoms with Gasteiger partial charge < -0.3 is 45.2 Å². The molecule has 6 N–H and O–H groups in total. The minimum Gasteiger partial charge on any atom is -0.473 e. The zero-order valence-corrected chi connectivity index (χ0v) is 21.3. The number of fused-ring (bicyclic) bond motifs is 2. The van der Waals surface area contributed by atoms with Gasteiger partial charge >= 0.3 is 41.8 Å². The third kappa shape index (κ3) is 14.1. The summed E-state index contributed by atoms with van der Waals surface area (Å²) in [5, 5.41) is 44.3. The van der Waals surface area contributed by atoms with Gasteiger partial charge in [-0.25, -0.2) is 33.8 Å². The molecular weight excluding hydrogens is 530 g/mol. The number of rotatable bonds is 6. The number of anilines is 1. The fraction of sp³-hybridized carbons (Fsp3) is 0.524. The molecule has 2 aliphatic rings. The second kappa shape index (κ2) is 17.0. The van der Waals surface area contributed by atoms with Crippen molar-refractivity contribution in [2.24, 2.45) is 0 Å². The molecule has 39 heavy (non-hydrogen) atoms. The summed E-state index contributed by atoms with van der Waals surface area (Å²) in [6.07, 6.45) is 4.04. The fourth-order valence-corrected chi connectivity index (χ4v) is 3.25. The number of hydrogen-bond donors (Lipinski definition) is 6. The Morgan fingerprint density at radius 1 is 0.872 bits per heavy atom. The van der Waals surface area contributed by atoms with Crippen molar-refractivity contribution in [2.75, 3.05) is 52.3 Å². The number of likely N-dealkylation sites (tertiary alicyclic amines) is 1. The van der Waals surface area contributed by atoms with Gasteiger partial charge in [0.15, 0.2) is 0 Å². The number of ether oxygens (including phenoxy) is 1. The second-order valence-electron chi connectivity index (χ2n) is 8.17. The number of aliphatic carboxylic acids is 6. The fourth-order valence-electron chi connectivity index (χ4n) is 3.25. The highest BCUT2D eigenvalue weighted by molar-refractivity contribution is 6.28. The molecule has 2 atom stereocenters. The predicted molar refractivity (Wildman–Crippen MR) is 129 cm³/mol. The molecule has 2 unspecified atom stereocenters. The molecule has 3 rings (SSSR count). The lowest BCUT2D eigenvalue weighted by Crippen LogP contribution is -2.44. The normalized spacial score (nSPS) is 16.9. The van der Waals surface area contributed by atoms with Gasteiger partial charge in [0.2, 0.25) is 0 Å². The molecule has 218 valence electrons. The van der Waals surface area contributed by atoms with E-state index in [9.17, 15) is 0 Å². The number of aromatic nitrogens is 2. The number of piperazine rings is 1. The Hall–Kier alpha value is -4.58. The highest BCUT2D eigenvalue weighted by Crippen LogP contribution is 2.32. The van der Waals surface area contributed by atoms with E-state index < -0.39 is 35.8 Å². The van der Waals surface area contributed by atoms with E-state index >= 15 is 0 Å². The van der Waals surface area contributed by atoms with Crippen molar-refractivity contribution >= 4 is 41.6 Å². The van der Waals surface area contributed by atoms with Crippen LogP contribution in [0.2, 0.25) is 0 Å². The van der Waals surface area contributed by atoms with Gasteiger partial charge in [-0.3, -0.25) is 4.90 Å². The van der Waals surface area contributed by atoms with E-state index in [0.717, 1.165) is 31.9 Å². The Morgan fingerprint density at radius 3 is 1.72 bits per heavy atom. The van der Waals surface area contributed by atoms with E-state index in [1.807, 2.05) is 6.07 Å². The summed E-state index contributed by atoms with van der Waals surface area (Å²) < 4.78 is 5.67. The molecule has 0 aliphatic carbocycles. The van der Waals surface area contributed by atoms with Gasteiger partial charge in [-0.15, -0.1) is 0 Å². The summed E-state index contributed by atoms with van der Waals surface area (Å²) in [4.78, 5) is 70.4. The lowest BCUT2D eigenvalue weighted by atomic mass is 10.2. The average molecular weight is 562 g/mol. The number of carboxylic acid groups (broad SMARTS) is 6. The molecule has 18 heteroatoms. The Labute approximate surface area is 221 Å².